The van der Waals surface area contributed by atoms with Gasteiger partial charge in [-0.3, -0.25) is 4.79 Å². The standard InChI is InChI=1S/C22H20O5/c1-3-4-17-19(11-7-14-5-9-16(26-2)10-6-14)27-20-12-8-15(22(24)25)13-18(20)21(17)23/h5-13H,3-4H2,1-2H3,(H,24,25). The zero-order chi connectivity index (χ0) is 19.4. The zero-order valence-corrected chi connectivity index (χ0v) is 15.2. The second-order valence-electron chi connectivity index (χ2n) is 6.15. The molecule has 0 radical (unpaired) electrons. The highest BCUT2D eigenvalue weighted by Gasteiger charge is 2.14. The SMILES string of the molecule is CCCc1c(C=Cc2ccc(OC)cc2)oc2ccc(C(=O)O)cc2c1=O. The lowest BCUT2D eigenvalue weighted by Crippen LogP contribution is -2.12. The number of methoxy groups -OCH3 is 1. The molecule has 0 atom stereocenters. The van der Waals surface area contributed by atoms with Crippen molar-refractivity contribution in [3.05, 3.63) is 75.1 Å². The molecule has 0 saturated heterocycles. The third-order valence-electron chi connectivity index (χ3n) is 4.31. The summed E-state index contributed by atoms with van der Waals surface area (Å²) in [5, 5.41) is 9.45. The van der Waals surface area contributed by atoms with E-state index in [1.54, 1.807) is 13.2 Å². The zero-order valence-electron chi connectivity index (χ0n) is 15.2. The van der Waals surface area contributed by atoms with Gasteiger partial charge in [0.1, 0.15) is 17.1 Å². The minimum absolute atomic E-state index is 0.0683. The molecule has 5 heteroatoms. The molecule has 0 amide bonds. The summed E-state index contributed by atoms with van der Waals surface area (Å²) in [6, 6.07) is 11.9. The van der Waals surface area contributed by atoms with Crippen LogP contribution in [-0.2, 0) is 6.42 Å². The maximum Gasteiger partial charge on any atom is 0.335 e. The van der Waals surface area contributed by atoms with Gasteiger partial charge >= 0.3 is 5.97 Å². The lowest BCUT2D eigenvalue weighted by atomic mass is 10.0. The van der Waals surface area contributed by atoms with E-state index in [1.807, 2.05) is 37.3 Å². The Kier molecular flexibility index (Phi) is 5.41. The van der Waals surface area contributed by atoms with Gasteiger partial charge in [0.2, 0.25) is 0 Å². The van der Waals surface area contributed by atoms with Crippen LogP contribution in [0.1, 0.15) is 40.6 Å². The van der Waals surface area contributed by atoms with E-state index in [2.05, 4.69) is 0 Å². The molecule has 1 aromatic heterocycles. The number of ether oxygens (including phenoxy) is 1. The van der Waals surface area contributed by atoms with Crippen molar-refractivity contribution in [1.29, 1.82) is 0 Å². The summed E-state index contributed by atoms with van der Waals surface area (Å²) in [7, 11) is 1.61. The first-order valence-electron chi connectivity index (χ1n) is 8.68. The minimum Gasteiger partial charge on any atom is -0.497 e. The summed E-state index contributed by atoms with van der Waals surface area (Å²) in [5.74, 6) is 0.190. The highest BCUT2D eigenvalue weighted by Crippen LogP contribution is 2.21. The molecule has 0 aliphatic heterocycles. The van der Waals surface area contributed by atoms with Gasteiger partial charge in [-0.15, -0.1) is 0 Å². The van der Waals surface area contributed by atoms with Crippen LogP contribution in [-0.4, -0.2) is 18.2 Å². The van der Waals surface area contributed by atoms with E-state index in [4.69, 9.17) is 14.3 Å². The van der Waals surface area contributed by atoms with Crippen LogP contribution in [0.4, 0.5) is 0 Å². The minimum atomic E-state index is -1.07. The van der Waals surface area contributed by atoms with Crippen LogP contribution in [0.15, 0.2) is 51.7 Å². The highest BCUT2D eigenvalue weighted by atomic mass is 16.5. The van der Waals surface area contributed by atoms with Gasteiger partial charge in [0.05, 0.1) is 18.1 Å². The summed E-state index contributed by atoms with van der Waals surface area (Å²) in [6.07, 6.45) is 4.98. The van der Waals surface area contributed by atoms with E-state index >= 15 is 0 Å². The molecule has 3 aromatic rings. The maximum absolute atomic E-state index is 12.9. The van der Waals surface area contributed by atoms with Crippen molar-refractivity contribution in [2.24, 2.45) is 0 Å². The van der Waals surface area contributed by atoms with Gasteiger partial charge < -0.3 is 14.3 Å². The number of carboxylic acid groups (broad SMARTS) is 1. The average Bonchev–Trinajstić information content (AvgIpc) is 2.69. The number of rotatable bonds is 6. The number of carbonyl (C=O) groups is 1. The third kappa shape index (κ3) is 3.92. The Balaban J connectivity index is 2.09. The quantitative estimate of drug-likeness (QED) is 0.690. The second kappa shape index (κ2) is 7.91. The molecule has 0 aliphatic carbocycles. The second-order valence-corrected chi connectivity index (χ2v) is 6.15. The molecule has 0 spiro atoms. The Morgan fingerprint density at radius 3 is 2.52 bits per heavy atom. The molecule has 0 aliphatic rings. The number of hydrogen-bond acceptors (Lipinski definition) is 4. The van der Waals surface area contributed by atoms with Gasteiger partial charge in [0, 0.05) is 5.56 Å². The molecule has 3 rings (SSSR count). The fraction of sp³-hybridized carbons (Fsp3) is 0.182. The summed E-state index contributed by atoms with van der Waals surface area (Å²) in [4.78, 5) is 24.1. The largest absolute Gasteiger partial charge is 0.497 e. The third-order valence-corrected chi connectivity index (χ3v) is 4.31. The molecular formula is C22H20O5. The summed E-state index contributed by atoms with van der Waals surface area (Å²) >= 11 is 0. The van der Waals surface area contributed by atoms with Gasteiger partial charge in [-0.25, -0.2) is 4.79 Å². The van der Waals surface area contributed by atoms with E-state index in [1.165, 1.54) is 18.2 Å². The van der Waals surface area contributed by atoms with E-state index in [0.717, 1.165) is 17.7 Å². The molecule has 2 aromatic carbocycles. The van der Waals surface area contributed by atoms with Crippen LogP contribution in [0.3, 0.4) is 0 Å². The molecule has 0 unspecified atom stereocenters. The van der Waals surface area contributed by atoms with Gasteiger partial charge in [0.15, 0.2) is 5.43 Å². The fourth-order valence-electron chi connectivity index (χ4n) is 2.89. The van der Waals surface area contributed by atoms with E-state index in [0.29, 0.717) is 28.7 Å². The van der Waals surface area contributed by atoms with Crippen LogP contribution in [0.25, 0.3) is 23.1 Å². The normalized spacial score (nSPS) is 11.2. The number of aromatic carboxylic acids is 1. The molecule has 138 valence electrons. The molecule has 0 bridgehead atoms. The molecule has 1 heterocycles. The molecule has 27 heavy (non-hydrogen) atoms. The number of benzene rings is 2. The summed E-state index contributed by atoms with van der Waals surface area (Å²) < 4.78 is 11.1. The smallest absolute Gasteiger partial charge is 0.335 e. The maximum atomic E-state index is 12.9. The molecule has 5 nitrogen and oxygen atoms in total. The molecule has 1 N–H and O–H groups in total. The predicted molar refractivity (Wildman–Crippen MR) is 105 cm³/mol. The molecule has 0 fully saturated rings. The highest BCUT2D eigenvalue weighted by molar-refractivity contribution is 5.93. The van der Waals surface area contributed by atoms with Crippen molar-refractivity contribution < 1.29 is 19.1 Å². The Labute approximate surface area is 156 Å². The van der Waals surface area contributed by atoms with E-state index in [-0.39, 0.29) is 11.0 Å². The number of carboxylic acids is 1. The topological polar surface area (TPSA) is 76.7 Å². The van der Waals surface area contributed by atoms with E-state index in [9.17, 15) is 9.59 Å². The Morgan fingerprint density at radius 1 is 1.15 bits per heavy atom. The predicted octanol–water partition coefficient (Wildman–Crippen LogP) is 4.62. The lowest BCUT2D eigenvalue weighted by Gasteiger charge is -2.07. The number of hydrogen-bond donors (Lipinski definition) is 1. The Morgan fingerprint density at radius 2 is 1.89 bits per heavy atom. The first-order chi connectivity index (χ1) is 13.0. The monoisotopic (exact) mass is 364 g/mol. The van der Waals surface area contributed by atoms with Crippen molar-refractivity contribution in [3.63, 3.8) is 0 Å². The van der Waals surface area contributed by atoms with Crippen LogP contribution < -0.4 is 10.2 Å². The van der Waals surface area contributed by atoms with Crippen molar-refractivity contribution in [1.82, 2.24) is 0 Å². The fourth-order valence-corrected chi connectivity index (χ4v) is 2.89. The van der Waals surface area contributed by atoms with Gasteiger partial charge in [-0.1, -0.05) is 31.6 Å². The Hall–Kier alpha value is -3.34. The first kappa shape index (κ1) is 18.5. The van der Waals surface area contributed by atoms with Gasteiger partial charge in [0.25, 0.3) is 0 Å². The van der Waals surface area contributed by atoms with Crippen molar-refractivity contribution >= 4 is 29.1 Å². The van der Waals surface area contributed by atoms with Crippen molar-refractivity contribution in [3.8, 4) is 5.75 Å². The number of fused-ring (bicyclic) bond motifs is 1. The van der Waals surface area contributed by atoms with Crippen LogP contribution in [0, 0.1) is 0 Å². The summed E-state index contributed by atoms with van der Waals surface area (Å²) in [6.45, 7) is 1.98. The van der Waals surface area contributed by atoms with Gasteiger partial charge in [-0.05, 0) is 48.4 Å². The van der Waals surface area contributed by atoms with Gasteiger partial charge in [-0.2, -0.15) is 0 Å². The first-order valence-corrected chi connectivity index (χ1v) is 8.68. The Bertz CT molecular complexity index is 1060. The molecular weight excluding hydrogens is 344 g/mol. The lowest BCUT2D eigenvalue weighted by molar-refractivity contribution is 0.0697. The molecule has 0 saturated carbocycles. The average molecular weight is 364 g/mol. The van der Waals surface area contributed by atoms with Crippen molar-refractivity contribution in [2.45, 2.75) is 19.8 Å². The van der Waals surface area contributed by atoms with E-state index < -0.39 is 5.97 Å². The summed E-state index contributed by atoms with van der Waals surface area (Å²) in [5.41, 5.74) is 1.76. The van der Waals surface area contributed by atoms with Crippen LogP contribution >= 0.6 is 0 Å². The van der Waals surface area contributed by atoms with Crippen LogP contribution in [0.2, 0.25) is 0 Å². The van der Waals surface area contributed by atoms with Crippen LogP contribution in [0.5, 0.6) is 5.75 Å². The van der Waals surface area contributed by atoms with Crippen molar-refractivity contribution in [2.75, 3.05) is 7.11 Å².